The zero-order valence-electron chi connectivity index (χ0n) is 14.6. The van der Waals surface area contributed by atoms with Gasteiger partial charge in [0.05, 0.1) is 12.6 Å². The minimum atomic E-state index is -0.218. The van der Waals surface area contributed by atoms with Crippen LogP contribution in [0.4, 0.5) is 0 Å². The lowest BCUT2D eigenvalue weighted by Crippen LogP contribution is -2.19. The van der Waals surface area contributed by atoms with Gasteiger partial charge in [-0.1, -0.05) is 66.2 Å². The van der Waals surface area contributed by atoms with Gasteiger partial charge in [0.1, 0.15) is 5.75 Å². The normalized spacial score (nSPS) is 10.9. The maximum Gasteiger partial charge on any atom is 0.244 e. The molecule has 0 bridgehead atoms. The molecule has 0 saturated carbocycles. The van der Waals surface area contributed by atoms with Gasteiger partial charge in [-0.2, -0.15) is 5.10 Å². The molecular weight excluding hydrogens is 360 g/mol. The average Bonchev–Trinajstić information content (AvgIpc) is 2.67. The van der Waals surface area contributed by atoms with E-state index in [2.05, 4.69) is 10.5 Å². The Morgan fingerprint density at radius 2 is 1.74 bits per heavy atom. The SMILES string of the molecule is O=C(Cc1ccccc1)N/N=C/c1cc(Cc2ccccc2Cl)ccc1O. The number of aromatic hydroxyl groups is 1. The number of phenols is 1. The third-order valence-electron chi connectivity index (χ3n) is 4.04. The summed E-state index contributed by atoms with van der Waals surface area (Å²) in [6.45, 7) is 0. The summed E-state index contributed by atoms with van der Waals surface area (Å²) in [4.78, 5) is 11.9. The van der Waals surface area contributed by atoms with Crippen LogP contribution in [0.3, 0.4) is 0 Å². The smallest absolute Gasteiger partial charge is 0.244 e. The van der Waals surface area contributed by atoms with Gasteiger partial charge in [-0.15, -0.1) is 0 Å². The van der Waals surface area contributed by atoms with E-state index in [0.29, 0.717) is 17.0 Å². The summed E-state index contributed by atoms with van der Waals surface area (Å²) >= 11 is 6.21. The summed E-state index contributed by atoms with van der Waals surface area (Å²) in [5.41, 5.74) is 5.91. The van der Waals surface area contributed by atoms with Crippen molar-refractivity contribution in [2.75, 3.05) is 0 Å². The van der Waals surface area contributed by atoms with Crippen molar-refractivity contribution in [3.8, 4) is 5.75 Å². The van der Waals surface area contributed by atoms with Crippen molar-refractivity contribution >= 4 is 23.7 Å². The Hall–Kier alpha value is -3.11. The molecular formula is C22H19ClN2O2. The molecule has 0 aliphatic heterocycles. The topological polar surface area (TPSA) is 61.7 Å². The fraction of sp³-hybridized carbons (Fsp3) is 0.0909. The number of hydrogen-bond acceptors (Lipinski definition) is 3. The van der Waals surface area contributed by atoms with E-state index in [1.54, 1.807) is 6.07 Å². The third kappa shape index (κ3) is 5.43. The van der Waals surface area contributed by atoms with Crippen molar-refractivity contribution in [1.82, 2.24) is 5.43 Å². The molecule has 5 heteroatoms. The Labute approximate surface area is 163 Å². The van der Waals surface area contributed by atoms with Gasteiger partial charge >= 0.3 is 0 Å². The number of amides is 1. The second kappa shape index (κ2) is 9.01. The van der Waals surface area contributed by atoms with Crippen LogP contribution in [0.25, 0.3) is 0 Å². The van der Waals surface area contributed by atoms with E-state index >= 15 is 0 Å². The van der Waals surface area contributed by atoms with Gasteiger partial charge in [-0.3, -0.25) is 4.79 Å². The minimum Gasteiger partial charge on any atom is -0.507 e. The molecule has 0 unspecified atom stereocenters. The second-order valence-corrected chi connectivity index (χ2v) is 6.52. The molecule has 3 rings (SSSR count). The number of halogens is 1. The van der Waals surface area contributed by atoms with Crippen molar-refractivity contribution in [3.05, 3.63) is 100 Å². The molecule has 4 nitrogen and oxygen atoms in total. The van der Waals surface area contributed by atoms with E-state index in [1.807, 2.05) is 66.7 Å². The van der Waals surface area contributed by atoms with Crippen molar-refractivity contribution in [2.45, 2.75) is 12.8 Å². The summed E-state index contributed by atoms with van der Waals surface area (Å²) in [5.74, 6) is -0.122. The first-order chi connectivity index (χ1) is 13.1. The van der Waals surface area contributed by atoms with Crippen LogP contribution in [0.2, 0.25) is 5.02 Å². The summed E-state index contributed by atoms with van der Waals surface area (Å²) in [6, 6.07) is 22.3. The van der Waals surface area contributed by atoms with Gasteiger partial charge in [0.2, 0.25) is 5.91 Å². The monoisotopic (exact) mass is 378 g/mol. The van der Waals surface area contributed by atoms with E-state index in [-0.39, 0.29) is 18.1 Å². The number of phenolic OH excluding ortho intramolecular Hbond substituents is 1. The van der Waals surface area contributed by atoms with Crippen molar-refractivity contribution in [1.29, 1.82) is 0 Å². The minimum absolute atomic E-state index is 0.0963. The number of rotatable bonds is 6. The van der Waals surface area contributed by atoms with Crippen molar-refractivity contribution in [2.24, 2.45) is 5.10 Å². The van der Waals surface area contributed by atoms with Crippen LogP contribution < -0.4 is 5.43 Å². The molecule has 0 aromatic heterocycles. The molecule has 3 aromatic carbocycles. The molecule has 27 heavy (non-hydrogen) atoms. The number of carbonyl (C=O) groups is 1. The maximum atomic E-state index is 11.9. The van der Waals surface area contributed by atoms with Crippen LogP contribution in [0, 0.1) is 0 Å². The molecule has 1 amide bonds. The van der Waals surface area contributed by atoms with Gasteiger partial charge in [0.25, 0.3) is 0 Å². The summed E-state index contributed by atoms with van der Waals surface area (Å²) in [5, 5.41) is 14.7. The van der Waals surface area contributed by atoms with E-state index < -0.39 is 0 Å². The van der Waals surface area contributed by atoms with E-state index in [0.717, 1.165) is 16.7 Å². The predicted octanol–water partition coefficient (Wildman–Crippen LogP) is 4.33. The Morgan fingerprint density at radius 1 is 1.00 bits per heavy atom. The van der Waals surface area contributed by atoms with E-state index in [9.17, 15) is 9.90 Å². The Morgan fingerprint density at radius 3 is 2.52 bits per heavy atom. The van der Waals surface area contributed by atoms with Crippen LogP contribution in [0.1, 0.15) is 22.3 Å². The first kappa shape index (κ1) is 18.7. The molecule has 0 saturated heterocycles. The quantitative estimate of drug-likeness (QED) is 0.495. The van der Waals surface area contributed by atoms with E-state index in [4.69, 9.17) is 11.6 Å². The Balaban J connectivity index is 1.65. The van der Waals surface area contributed by atoms with Crippen LogP contribution in [0.15, 0.2) is 77.9 Å². The molecule has 136 valence electrons. The first-order valence-electron chi connectivity index (χ1n) is 8.53. The highest BCUT2D eigenvalue weighted by atomic mass is 35.5. The molecule has 0 atom stereocenters. The number of hydrazone groups is 1. The fourth-order valence-electron chi connectivity index (χ4n) is 2.67. The largest absolute Gasteiger partial charge is 0.507 e. The highest BCUT2D eigenvalue weighted by Gasteiger charge is 2.05. The Kier molecular flexibility index (Phi) is 6.23. The van der Waals surface area contributed by atoms with Crippen LogP contribution in [0.5, 0.6) is 5.75 Å². The van der Waals surface area contributed by atoms with Gasteiger partial charge in [0.15, 0.2) is 0 Å². The molecule has 0 heterocycles. The molecule has 0 radical (unpaired) electrons. The van der Waals surface area contributed by atoms with Gasteiger partial charge in [-0.25, -0.2) is 5.43 Å². The number of nitrogens with one attached hydrogen (secondary N) is 1. The van der Waals surface area contributed by atoms with Crippen LogP contribution >= 0.6 is 11.6 Å². The number of benzene rings is 3. The molecule has 0 aliphatic rings. The standard InChI is InChI=1S/C22H19ClN2O2/c23-20-9-5-4-8-18(20)12-17-10-11-21(26)19(13-17)15-24-25-22(27)14-16-6-2-1-3-7-16/h1-11,13,15,26H,12,14H2,(H,25,27)/b24-15+. The van der Waals surface area contributed by atoms with Gasteiger partial charge in [-0.05, 0) is 41.3 Å². The third-order valence-corrected chi connectivity index (χ3v) is 4.41. The van der Waals surface area contributed by atoms with Crippen LogP contribution in [-0.2, 0) is 17.6 Å². The fourth-order valence-corrected chi connectivity index (χ4v) is 2.88. The highest BCUT2D eigenvalue weighted by Crippen LogP contribution is 2.22. The predicted molar refractivity (Wildman–Crippen MR) is 108 cm³/mol. The lowest BCUT2D eigenvalue weighted by Gasteiger charge is -2.07. The number of nitrogens with zero attached hydrogens (tertiary/aromatic N) is 1. The molecule has 0 aliphatic carbocycles. The maximum absolute atomic E-state index is 11.9. The Bertz CT molecular complexity index is 956. The van der Waals surface area contributed by atoms with Crippen LogP contribution in [-0.4, -0.2) is 17.2 Å². The molecule has 0 fully saturated rings. The lowest BCUT2D eigenvalue weighted by molar-refractivity contribution is -0.120. The van der Waals surface area contributed by atoms with Gasteiger partial charge in [0, 0.05) is 10.6 Å². The number of hydrogen-bond donors (Lipinski definition) is 2. The summed E-state index contributed by atoms with van der Waals surface area (Å²) in [7, 11) is 0. The first-order valence-corrected chi connectivity index (χ1v) is 8.91. The van der Waals surface area contributed by atoms with Crippen molar-refractivity contribution < 1.29 is 9.90 Å². The average molecular weight is 379 g/mol. The summed E-state index contributed by atoms with van der Waals surface area (Å²) in [6.07, 6.45) is 2.33. The molecule has 2 N–H and O–H groups in total. The van der Waals surface area contributed by atoms with E-state index in [1.165, 1.54) is 6.21 Å². The molecule has 0 spiro atoms. The lowest BCUT2D eigenvalue weighted by atomic mass is 10.0. The summed E-state index contributed by atoms with van der Waals surface area (Å²) < 4.78 is 0. The highest BCUT2D eigenvalue weighted by molar-refractivity contribution is 6.31. The zero-order valence-corrected chi connectivity index (χ0v) is 15.4. The van der Waals surface area contributed by atoms with Crippen molar-refractivity contribution in [3.63, 3.8) is 0 Å². The number of carbonyl (C=O) groups excluding carboxylic acids is 1. The second-order valence-electron chi connectivity index (χ2n) is 6.12. The molecule has 3 aromatic rings. The zero-order chi connectivity index (χ0) is 19.1. The van der Waals surface area contributed by atoms with Gasteiger partial charge < -0.3 is 5.11 Å².